The van der Waals surface area contributed by atoms with Gasteiger partial charge in [0.2, 0.25) is 11.8 Å². The lowest BCUT2D eigenvalue weighted by Gasteiger charge is -2.52. The van der Waals surface area contributed by atoms with Gasteiger partial charge in [-0.05, 0) is 46.5 Å². The van der Waals surface area contributed by atoms with E-state index in [2.05, 4.69) is 21.1 Å². The summed E-state index contributed by atoms with van der Waals surface area (Å²) < 4.78 is 0.872. The fourth-order valence-electron chi connectivity index (χ4n) is 5.99. The molecule has 1 heterocycles. The molecule has 4 aliphatic rings. The molecule has 1 aliphatic heterocycles. The van der Waals surface area contributed by atoms with Crippen LogP contribution in [-0.2, 0) is 15.0 Å². The average Bonchev–Trinajstić information content (AvgIpc) is 3.06. The van der Waals surface area contributed by atoms with Gasteiger partial charge in [0.05, 0.1) is 29.2 Å². The van der Waals surface area contributed by atoms with Gasteiger partial charge in [0.25, 0.3) is 0 Å². The van der Waals surface area contributed by atoms with E-state index in [0.29, 0.717) is 5.69 Å². The Morgan fingerprint density at radius 1 is 0.871 bits per heavy atom. The molecule has 31 heavy (non-hydrogen) atoms. The number of benzene rings is 3. The second-order valence-corrected chi connectivity index (χ2v) is 9.17. The third-order valence-corrected chi connectivity index (χ3v) is 7.56. The van der Waals surface area contributed by atoms with Crippen LogP contribution in [0.15, 0.2) is 82.4 Å². The van der Waals surface area contributed by atoms with Crippen molar-refractivity contribution in [2.75, 3.05) is 4.90 Å². The zero-order chi connectivity index (χ0) is 21.3. The van der Waals surface area contributed by atoms with Crippen molar-refractivity contribution in [2.24, 2.45) is 17.0 Å². The summed E-state index contributed by atoms with van der Waals surface area (Å²) in [5.74, 6) is -1.91. The molecule has 1 fully saturated rings. The van der Waals surface area contributed by atoms with Gasteiger partial charge in [-0.3, -0.25) is 9.59 Å². The molecule has 1 N–H and O–H groups in total. The lowest BCUT2D eigenvalue weighted by Crippen LogP contribution is -2.54. The SMILES string of the molecule is O=C1C2C3c4ccccc4C(C=NO)(c4ccccc43)C2C(=O)N1c1ccc(Br)cc1. The fraction of sp³-hybridized carbons (Fsp3) is 0.160. The normalized spacial score (nSPS) is 28.0. The van der Waals surface area contributed by atoms with Crippen LogP contribution in [0.5, 0.6) is 0 Å². The van der Waals surface area contributed by atoms with Crippen molar-refractivity contribution in [3.05, 3.63) is 99.5 Å². The Hall–Kier alpha value is -3.25. The molecule has 7 rings (SSSR count). The second kappa shape index (κ2) is 6.37. The fourth-order valence-corrected chi connectivity index (χ4v) is 6.25. The van der Waals surface area contributed by atoms with Crippen LogP contribution in [0, 0.1) is 11.8 Å². The third-order valence-electron chi connectivity index (χ3n) is 7.03. The first-order chi connectivity index (χ1) is 15.1. The number of imide groups is 1. The van der Waals surface area contributed by atoms with E-state index in [9.17, 15) is 14.8 Å². The van der Waals surface area contributed by atoms with E-state index in [1.54, 1.807) is 12.1 Å². The first kappa shape index (κ1) is 18.5. The molecule has 2 amide bonds. The van der Waals surface area contributed by atoms with Crippen LogP contribution < -0.4 is 4.90 Å². The summed E-state index contributed by atoms with van der Waals surface area (Å²) in [4.78, 5) is 29.0. The van der Waals surface area contributed by atoms with Gasteiger partial charge in [0, 0.05) is 10.4 Å². The van der Waals surface area contributed by atoms with E-state index in [1.807, 2.05) is 60.7 Å². The highest BCUT2D eigenvalue weighted by atomic mass is 79.9. The molecule has 2 atom stereocenters. The summed E-state index contributed by atoms with van der Waals surface area (Å²) in [5.41, 5.74) is 3.43. The lowest BCUT2D eigenvalue weighted by atomic mass is 9.47. The van der Waals surface area contributed by atoms with Crippen molar-refractivity contribution < 1.29 is 14.8 Å². The quantitative estimate of drug-likeness (QED) is 0.259. The molecule has 6 heteroatoms. The maximum absolute atomic E-state index is 13.9. The molecule has 2 unspecified atom stereocenters. The number of carbonyl (C=O) groups is 2. The minimum Gasteiger partial charge on any atom is -0.411 e. The standard InChI is InChI=1S/C25H17BrN2O3/c26-14-9-11-15(12-10-14)28-23(29)21-20-16-5-1-3-7-18(16)25(13-27-31,22(21)24(28)30)19-8-4-2-6-17(19)20/h1-13,20-22,31H. The first-order valence-corrected chi connectivity index (χ1v) is 10.9. The molecule has 0 radical (unpaired) electrons. The van der Waals surface area contributed by atoms with Crippen molar-refractivity contribution >= 4 is 39.6 Å². The van der Waals surface area contributed by atoms with E-state index in [4.69, 9.17) is 0 Å². The minimum atomic E-state index is -1.00. The summed E-state index contributed by atoms with van der Waals surface area (Å²) in [6.45, 7) is 0. The van der Waals surface area contributed by atoms with E-state index in [1.165, 1.54) is 11.1 Å². The van der Waals surface area contributed by atoms with Gasteiger partial charge in [-0.25, -0.2) is 4.90 Å². The van der Waals surface area contributed by atoms with Crippen LogP contribution in [0.4, 0.5) is 5.69 Å². The number of anilines is 1. The smallest absolute Gasteiger partial charge is 0.239 e. The molecule has 0 aromatic heterocycles. The molecular weight excluding hydrogens is 456 g/mol. The lowest BCUT2D eigenvalue weighted by molar-refractivity contribution is -0.122. The molecule has 1 saturated heterocycles. The Balaban J connectivity index is 1.66. The first-order valence-electron chi connectivity index (χ1n) is 10.1. The van der Waals surface area contributed by atoms with Gasteiger partial charge in [-0.2, -0.15) is 0 Å². The monoisotopic (exact) mass is 472 g/mol. The largest absolute Gasteiger partial charge is 0.411 e. The van der Waals surface area contributed by atoms with Crippen molar-refractivity contribution in [1.29, 1.82) is 0 Å². The Morgan fingerprint density at radius 3 is 2.03 bits per heavy atom. The molecule has 3 aromatic carbocycles. The van der Waals surface area contributed by atoms with Crippen LogP contribution >= 0.6 is 15.9 Å². The van der Waals surface area contributed by atoms with Crippen LogP contribution in [0.3, 0.4) is 0 Å². The van der Waals surface area contributed by atoms with Gasteiger partial charge in [-0.15, -0.1) is 5.16 Å². The summed E-state index contributed by atoms with van der Waals surface area (Å²) in [5, 5.41) is 13.2. The number of hydrogen-bond acceptors (Lipinski definition) is 4. The maximum atomic E-state index is 13.9. The van der Waals surface area contributed by atoms with Crippen LogP contribution in [0.2, 0.25) is 0 Å². The van der Waals surface area contributed by atoms with Crippen molar-refractivity contribution in [3.63, 3.8) is 0 Å². The predicted molar refractivity (Wildman–Crippen MR) is 119 cm³/mol. The van der Waals surface area contributed by atoms with Crippen molar-refractivity contribution in [3.8, 4) is 0 Å². The van der Waals surface area contributed by atoms with E-state index >= 15 is 0 Å². The van der Waals surface area contributed by atoms with Gasteiger partial charge < -0.3 is 5.21 Å². The average molecular weight is 473 g/mol. The summed E-state index contributed by atoms with van der Waals surface area (Å²) in [6, 6.07) is 22.9. The Morgan fingerprint density at radius 2 is 1.45 bits per heavy atom. The van der Waals surface area contributed by atoms with Crippen LogP contribution in [0.25, 0.3) is 0 Å². The number of oxime groups is 1. The van der Waals surface area contributed by atoms with Crippen LogP contribution in [-0.4, -0.2) is 23.2 Å². The Bertz CT molecular complexity index is 1240. The van der Waals surface area contributed by atoms with E-state index in [0.717, 1.165) is 26.7 Å². The molecule has 3 aromatic rings. The number of hydrogen-bond donors (Lipinski definition) is 1. The topological polar surface area (TPSA) is 70.0 Å². The molecular formula is C25H17BrN2O3. The van der Waals surface area contributed by atoms with E-state index in [-0.39, 0.29) is 17.7 Å². The molecule has 152 valence electrons. The molecule has 2 bridgehead atoms. The molecule has 5 nitrogen and oxygen atoms in total. The zero-order valence-corrected chi connectivity index (χ0v) is 17.9. The summed E-state index contributed by atoms with van der Waals surface area (Å²) >= 11 is 3.41. The minimum absolute atomic E-state index is 0.206. The summed E-state index contributed by atoms with van der Waals surface area (Å²) in [7, 11) is 0. The Labute approximate surface area is 187 Å². The van der Waals surface area contributed by atoms with E-state index < -0.39 is 17.3 Å². The maximum Gasteiger partial charge on any atom is 0.239 e. The van der Waals surface area contributed by atoms with Gasteiger partial charge >= 0.3 is 0 Å². The number of amides is 2. The van der Waals surface area contributed by atoms with Crippen molar-refractivity contribution in [2.45, 2.75) is 11.3 Å². The number of halogens is 1. The van der Waals surface area contributed by atoms with Gasteiger partial charge in [0.1, 0.15) is 0 Å². The zero-order valence-electron chi connectivity index (χ0n) is 16.3. The highest BCUT2D eigenvalue weighted by Gasteiger charge is 2.68. The second-order valence-electron chi connectivity index (χ2n) is 8.26. The summed E-state index contributed by atoms with van der Waals surface area (Å²) in [6.07, 6.45) is 1.45. The van der Waals surface area contributed by atoms with Crippen LogP contribution in [0.1, 0.15) is 28.2 Å². The highest BCUT2D eigenvalue weighted by Crippen LogP contribution is 2.63. The Kier molecular flexibility index (Phi) is 3.81. The van der Waals surface area contributed by atoms with Crippen molar-refractivity contribution in [1.82, 2.24) is 0 Å². The number of nitrogens with zero attached hydrogens (tertiary/aromatic N) is 2. The number of carbonyl (C=O) groups excluding carboxylic acids is 2. The third kappa shape index (κ3) is 2.18. The molecule has 0 spiro atoms. The van der Waals surface area contributed by atoms with Gasteiger partial charge in [0.15, 0.2) is 0 Å². The molecule has 0 saturated carbocycles. The predicted octanol–water partition coefficient (Wildman–Crippen LogP) is 4.46. The highest BCUT2D eigenvalue weighted by molar-refractivity contribution is 9.10. The van der Waals surface area contributed by atoms with Gasteiger partial charge in [-0.1, -0.05) is 64.5 Å². The molecule has 3 aliphatic carbocycles. The number of rotatable bonds is 2.